The molecule has 0 amide bonds. The number of nitrogens with zero attached hydrogens (tertiary/aromatic N) is 2. The summed E-state index contributed by atoms with van der Waals surface area (Å²) in [5.41, 5.74) is -0.300. The fourth-order valence-electron chi connectivity index (χ4n) is 1.04. The Bertz CT molecular complexity index is 537. The molecule has 0 aliphatic heterocycles. The van der Waals surface area contributed by atoms with Gasteiger partial charge in [0, 0.05) is 7.05 Å². The molecule has 7 heteroatoms. The summed E-state index contributed by atoms with van der Waals surface area (Å²) in [6, 6.07) is 0. The predicted octanol–water partition coefficient (Wildman–Crippen LogP) is -1.70. The molecule has 2 heterocycles. The summed E-state index contributed by atoms with van der Waals surface area (Å²) in [5.74, 6) is 0. The fourth-order valence-corrected chi connectivity index (χ4v) is 1.04. The third-order valence-electron chi connectivity index (χ3n) is 1.61. The van der Waals surface area contributed by atoms with E-state index in [1.807, 2.05) is 0 Å². The summed E-state index contributed by atoms with van der Waals surface area (Å²) < 4.78 is 1.58. The van der Waals surface area contributed by atoms with Gasteiger partial charge in [-0.2, -0.15) is 0 Å². The van der Waals surface area contributed by atoms with E-state index in [9.17, 15) is 9.59 Å². The molecule has 0 aromatic carbocycles. The van der Waals surface area contributed by atoms with Crippen molar-refractivity contribution >= 4 is 40.7 Å². The SMILES string of the molecule is Cn1cnc2c(=O)[nH]c(=O)[nH]c21.[NaH]. The van der Waals surface area contributed by atoms with Crippen molar-refractivity contribution in [3.63, 3.8) is 0 Å². The molecule has 2 N–H and O–H groups in total. The van der Waals surface area contributed by atoms with Crippen LogP contribution < -0.4 is 11.2 Å². The maximum absolute atomic E-state index is 11.1. The van der Waals surface area contributed by atoms with Crippen molar-refractivity contribution in [1.29, 1.82) is 0 Å². The number of nitrogens with one attached hydrogen (secondary N) is 2. The molecule has 0 spiro atoms. The summed E-state index contributed by atoms with van der Waals surface area (Å²) >= 11 is 0. The van der Waals surface area contributed by atoms with Gasteiger partial charge in [0.25, 0.3) is 5.56 Å². The molecule has 0 aliphatic rings. The number of fused-ring (bicyclic) bond motifs is 1. The Hall–Kier alpha value is -0.850. The molecule has 0 saturated carbocycles. The van der Waals surface area contributed by atoms with Crippen LogP contribution in [0.4, 0.5) is 0 Å². The van der Waals surface area contributed by atoms with Gasteiger partial charge in [0.05, 0.1) is 6.33 Å². The molecule has 2 rings (SSSR count). The Balaban J connectivity index is 0.000000845. The van der Waals surface area contributed by atoms with Gasteiger partial charge in [-0.25, -0.2) is 9.78 Å². The van der Waals surface area contributed by atoms with E-state index in [1.165, 1.54) is 6.33 Å². The van der Waals surface area contributed by atoms with Gasteiger partial charge in [-0.05, 0) is 0 Å². The molecular formula is C6H7N4NaO2. The first kappa shape index (κ1) is 10.2. The number of imidazole rings is 1. The van der Waals surface area contributed by atoms with E-state index >= 15 is 0 Å². The van der Waals surface area contributed by atoms with Crippen molar-refractivity contribution in [3.05, 3.63) is 27.2 Å². The van der Waals surface area contributed by atoms with Crippen LogP contribution in [-0.4, -0.2) is 49.1 Å². The van der Waals surface area contributed by atoms with Crippen LogP contribution in [0, 0.1) is 0 Å². The number of H-pyrrole nitrogens is 2. The van der Waals surface area contributed by atoms with Gasteiger partial charge in [-0.3, -0.25) is 14.8 Å². The zero-order chi connectivity index (χ0) is 8.72. The minimum absolute atomic E-state index is 0. The molecule has 0 aliphatic carbocycles. The topological polar surface area (TPSA) is 83.5 Å². The van der Waals surface area contributed by atoms with Crippen LogP contribution in [0.15, 0.2) is 15.9 Å². The van der Waals surface area contributed by atoms with Crippen molar-refractivity contribution in [3.8, 4) is 0 Å². The maximum atomic E-state index is 11.1. The molecule has 0 radical (unpaired) electrons. The third kappa shape index (κ3) is 1.60. The van der Waals surface area contributed by atoms with Crippen molar-refractivity contribution < 1.29 is 0 Å². The third-order valence-corrected chi connectivity index (χ3v) is 1.61. The summed E-state index contributed by atoms with van der Waals surface area (Å²) in [6.07, 6.45) is 1.47. The number of hydrogen-bond donors (Lipinski definition) is 2. The van der Waals surface area contributed by atoms with Crippen molar-refractivity contribution in [1.82, 2.24) is 19.5 Å². The van der Waals surface area contributed by atoms with Gasteiger partial charge in [-0.15, -0.1) is 0 Å². The zero-order valence-electron chi connectivity index (χ0n) is 6.29. The predicted molar refractivity (Wildman–Crippen MR) is 49.1 cm³/mol. The molecule has 13 heavy (non-hydrogen) atoms. The molecule has 0 unspecified atom stereocenters. The second-order valence-corrected chi connectivity index (χ2v) is 2.46. The first-order valence-electron chi connectivity index (χ1n) is 3.32. The summed E-state index contributed by atoms with van der Waals surface area (Å²) in [7, 11) is 1.70. The summed E-state index contributed by atoms with van der Waals surface area (Å²) in [5, 5.41) is 0. The molecule has 0 bridgehead atoms. The van der Waals surface area contributed by atoms with E-state index in [0.717, 1.165) is 0 Å². The Kier molecular flexibility index (Phi) is 2.74. The number of aromatic amines is 2. The van der Waals surface area contributed by atoms with Crippen LogP contribution in [-0.2, 0) is 7.05 Å². The van der Waals surface area contributed by atoms with E-state index in [4.69, 9.17) is 0 Å². The molecular weight excluding hydrogens is 183 g/mol. The van der Waals surface area contributed by atoms with E-state index in [0.29, 0.717) is 5.65 Å². The number of rotatable bonds is 0. The quantitative estimate of drug-likeness (QED) is 0.486. The van der Waals surface area contributed by atoms with E-state index in [1.54, 1.807) is 11.6 Å². The van der Waals surface area contributed by atoms with Crippen LogP contribution in [0.5, 0.6) is 0 Å². The molecule has 0 atom stereocenters. The Morgan fingerprint density at radius 3 is 2.77 bits per heavy atom. The van der Waals surface area contributed by atoms with Gasteiger partial charge >= 0.3 is 35.2 Å². The van der Waals surface area contributed by atoms with E-state index < -0.39 is 11.2 Å². The molecule has 64 valence electrons. The molecule has 0 fully saturated rings. The standard InChI is InChI=1S/C6H6N4O2.Na.H/c1-10-2-7-3-4(10)8-6(12)9-5(3)11;;/h2H,1H3,(H2,8,9,11,12);;. The fraction of sp³-hybridized carbons (Fsp3) is 0.167. The van der Waals surface area contributed by atoms with E-state index in [-0.39, 0.29) is 35.1 Å². The van der Waals surface area contributed by atoms with Gasteiger partial charge in [0.1, 0.15) is 5.65 Å². The van der Waals surface area contributed by atoms with Crippen LogP contribution in [0.1, 0.15) is 0 Å². The monoisotopic (exact) mass is 190 g/mol. The van der Waals surface area contributed by atoms with E-state index in [2.05, 4.69) is 15.0 Å². The Morgan fingerprint density at radius 2 is 2.08 bits per heavy atom. The van der Waals surface area contributed by atoms with Gasteiger partial charge < -0.3 is 4.57 Å². The second kappa shape index (κ2) is 3.49. The van der Waals surface area contributed by atoms with Crippen LogP contribution in [0.25, 0.3) is 11.2 Å². The number of aryl methyl sites for hydroxylation is 1. The molecule has 2 aromatic rings. The normalized spacial score (nSPS) is 9.92. The van der Waals surface area contributed by atoms with Crippen molar-refractivity contribution in [2.45, 2.75) is 0 Å². The summed E-state index contributed by atoms with van der Waals surface area (Å²) in [4.78, 5) is 30.2. The Labute approximate surface area is 94.3 Å². The second-order valence-electron chi connectivity index (χ2n) is 2.46. The molecule has 0 saturated heterocycles. The van der Waals surface area contributed by atoms with Gasteiger partial charge in [-0.1, -0.05) is 0 Å². The zero-order valence-corrected chi connectivity index (χ0v) is 6.29. The van der Waals surface area contributed by atoms with Gasteiger partial charge in [0.2, 0.25) is 0 Å². The number of hydrogen-bond acceptors (Lipinski definition) is 3. The van der Waals surface area contributed by atoms with Crippen LogP contribution in [0.3, 0.4) is 0 Å². The minimum atomic E-state index is -0.517. The average molecular weight is 190 g/mol. The molecule has 6 nitrogen and oxygen atoms in total. The van der Waals surface area contributed by atoms with Crippen molar-refractivity contribution in [2.24, 2.45) is 7.05 Å². The average Bonchev–Trinajstić information content (AvgIpc) is 2.33. The Morgan fingerprint density at radius 1 is 1.38 bits per heavy atom. The number of aromatic nitrogens is 4. The summed E-state index contributed by atoms with van der Waals surface area (Å²) in [6.45, 7) is 0. The van der Waals surface area contributed by atoms with Crippen LogP contribution >= 0.6 is 0 Å². The van der Waals surface area contributed by atoms with Gasteiger partial charge in [0.15, 0.2) is 5.52 Å². The van der Waals surface area contributed by atoms with Crippen LogP contribution in [0.2, 0.25) is 0 Å². The van der Waals surface area contributed by atoms with Crippen molar-refractivity contribution in [2.75, 3.05) is 0 Å². The molecule has 2 aromatic heterocycles. The first-order chi connectivity index (χ1) is 5.68. The first-order valence-corrected chi connectivity index (χ1v) is 3.32.